The van der Waals surface area contributed by atoms with Crippen LogP contribution in [0.1, 0.15) is 5.56 Å². The first kappa shape index (κ1) is 13.8. The van der Waals surface area contributed by atoms with Crippen LogP contribution in [0.15, 0.2) is 22.7 Å². The number of benzene rings is 1. The van der Waals surface area contributed by atoms with Gasteiger partial charge >= 0.3 is 12.1 Å². The van der Waals surface area contributed by atoms with E-state index in [1.807, 2.05) is 0 Å². The van der Waals surface area contributed by atoms with E-state index in [9.17, 15) is 18.0 Å². The highest BCUT2D eigenvalue weighted by Gasteiger charge is 2.33. The molecule has 1 N–H and O–H groups in total. The highest BCUT2D eigenvalue weighted by atomic mass is 79.9. The van der Waals surface area contributed by atoms with Crippen molar-refractivity contribution in [2.24, 2.45) is 0 Å². The van der Waals surface area contributed by atoms with Gasteiger partial charge in [0.25, 0.3) is 0 Å². The molecule has 1 aromatic carbocycles. The summed E-state index contributed by atoms with van der Waals surface area (Å²) in [5.74, 6) is -1.11. The predicted octanol–water partition coefficient (Wildman–Crippen LogP) is 2.99. The van der Waals surface area contributed by atoms with Gasteiger partial charge in [-0.1, -0.05) is 15.9 Å². The van der Waals surface area contributed by atoms with Crippen LogP contribution in [0.4, 0.5) is 18.9 Å². The molecule has 94 valence electrons. The number of hydrogen-bond acceptors (Lipinski definition) is 2. The Labute approximate surface area is 104 Å². The highest BCUT2D eigenvalue weighted by Crippen LogP contribution is 2.36. The second kappa shape index (κ2) is 4.95. The zero-order valence-corrected chi connectivity index (χ0v) is 10.3. The van der Waals surface area contributed by atoms with Gasteiger partial charge in [-0.05, 0) is 18.2 Å². The molecular formula is C10H9BrF3NO2. The summed E-state index contributed by atoms with van der Waals surface area (Å²) in [4.78, 5) is 11.7. The lowest BCUT2D eigenvalue weighted by Crippen LogP contribution is -2.25. The predicted molar refractivity (Wildman–Crippen MR) is 60.0 cm³/mol. The van der Waals surface area contributed by atoms with Crippen molar-refractivity contribution in [2.75, 3.05) is 18.5 Å². The second-order valence-corrected chi connectivity index (χ2v) is 4.27. The van der Waals surface area contributed by atoms with Gasteiger partial charge < -0.3 is 10.0 Å². The monoisotopic (exact) mass is 311 g/mol. The summed E-state index contributed by atoms with van der Waals surface area (Å²) in [7, 11) is 1.41. The molecule has 0 heterocycles. The van der Waals surface area contributed by atoms with Crippen LogP contribution in [-0.4, -0.2) is 24.7 Å². The first-order chi connectivity index (χ1) is 7.71. The quantitative estimate of drug-likeness (QED) is 0.933. The van der Waals surface area contributed by atoms with E-state index in [4.69, 9.17) is 5.11 Å². The summed E-state index contributed by atoms with van der Waals surface area (Å²) in [6.45, 7) is -0.362. The van der Waals surface area contributed by atoms with Gasteiger partial charge in [-0.15, -0.1) is 0 Å². The third kappa shape index (κ3) is 3.62. The van der Waals surface area contributed by atoms with E-state index < -0.39 is 17.7 Å². The summed E-state index contributed by atoms with van der Waals surface area (Å²) < 4.78 is 37.7. The van der Waals surface area contributed by atoms with Gasteiger partial charge in [0, 0.05) is 17.2 Å². The third-order valence-corrected chi connectivity index (χ3v) is 2.76. The Morgan fingerprint density at radius 3 is 2.53 bits per heavy atom. The molecule has 0 bridgehead atoms. The van der Waals surface area contributed by atoms with Crippen molar-refractivity contribution in [3.63, 3.8) is 0 Å². The molecule has 7 heteroatoms. The van der Waals surface area contributed by atoms with E-state index in [0.29, 0.717) is 0 Å². The Morgan fingerprint density at radius 1 is 1.47 bits per heavy atom. The molecule has 0 atom stereocenters. The Kier molecular flexibility index (Phi) is 4.03. The lowest BCUT2D eigenvalue weighted by molar-refractivity contribution is -0.138. The van der Waals surface area contributed by atoms with Crippen molar-refractivity contribution in [3.05, 3.63) is 28.2 Å². The molecule has 0 aromatic heterocycles. The summed E-state index contributed by atoms with van der Waals surface area (Å²) in [6, 6.07) is 3.58. The number of nitrogens with zero attached hydrogens (tertiary/aromatic N) is 1. The molecule has 0 fully saturated rings. The highest BCUT2D eigenvalue weighted by molar-refractivity contribution is 9.10. The van der Waals surface area contributed by atoms with E-state index in [0.717, 1.165) is 6.07 Å². The van der Waals surface area contributed by atoms with Crippen LogP contribution in [-0.2, 0) is 11.0 Å². The molecule has 0 aliphatic heterocycles. The van der Waals surface area contributed by atoms with Crippen LogP contribution < -0.4 is 4.90 Å². The summed E-state index contributed by atoms with van der Waals surface area (Å²) in [5, 5.41) is 8.56. The van der Waals surface area contributed by atoms with Crippen LogP contribution in [0.2, 0.25) is 0 Å². The zero-order valence-electron chi connectivity index (χ0n) is 8.75. The van der Waals surface area contributed by atoms with Crippen LogP contribution in [0, 0.1) is 0 Å². The minimum Gasteiger partial charge on any atom is -0.480 e. The van der Waals surface area contributed by atoms with Gasteiger partial charge in [0.1, 0.15) is 6.54 Å². The van der Waals surface area contributed by atoms with Crippen LogP contribution in [0.25, 0.3) is 0 Å². The van der Waals surface area contributed by atoms with Gasteiger partial charge in [-0.3, -0.25) is 4.79 Å². The molecule has 0 radical (unpaired) electrons. The number of hydrogen-bond donors (Lipinski definition) is 1. The molecular weight excluding hydrogens is 303 g/mol. The van der Waals surface area contributed by atoms with Gasteiger partial charge in [0.15, 0.2) is 0 Å². The van der Waals surface area contributed by atoms with Crippen molar-refractivity contribution < 1.29 is 23.1 Å². The molecule has 3 nitrogen and oxygen atoms in total. The van der Waals surface area contributed by atoms with Crippen LogP contribution >= 0.6 is 15.9 Å². The third-order valence-electron chi connectivity index (χ3n) is 2.07. The van der Waals surface area contributed by atoms with Gasteiger partial charge in [0.2, 0.25) is 0 Å². The standard InChI is InChI=1S/C10H9BrF3NO2/c1-15(5-9(16)17)6-2-3-8(11)7(4-6)10(12,13)14/h2-4H,5H2,1H3,(H,16,17). The lowest BCUT2D eigenvalue weighted by Gasteiger charge is -2.19. The molecule has 0 saturated carbocycles. The number of alkyl halides is 3. The van der Waals surface area contributed by atoms with Crippen LogP contribution in [0.3, 0.4) is 0 Å². The second-order valence-electron chi connectivity index (χ2n) is 3.41. The number of halogens is 4. The number of carboxylic acid groups (broad SMARTS) is 1. The SMILES string of the molecule is CN(CC(=O)O)c1ccc(Br)c(C(F)(F)F)c1. The Morgan fingerprint density at radius 2 is 2.06 bits per heavy atom. The molecule has 0 amide bonds. The van der Waals surface area contributed by atoms with Gasteiger partial charge in [-0.25, -0.2) is 0 Å². The molecule has 0 unspecified atom stereocenters. The number of carbonyl (C=O) groups is 1. The van der Waals surface area contributed by atoms with Crippen molar-refractivity contribution >= 4 is 27.6 Å². The van der Waals surface area contributed by atoms with E-state index >= 15 is 0 Å². The molecule has 0 aliphatic rings. The fraction of sp³-hybridized carbons (Fsp3) is 0.300. The first-order valence-electron chi connectivity index (χ1n) is 4.51. The summed E-state index contributed by atoms with van der Waals surface area (Å²) >= 11 is 2.81. The maximum atomic E-state index is 12.6. The Balaban J connectivity index is 3.08. The normalized spacial score (nSPS) is 11.4. The molecule has 0 spiro atoms. The Bertz CT molecular complexity index is 434. The molecule has 1 rings (SSSR count). The number of aliphatic carboxylic acids is 1. The average molecular weight is 312 g/mol. The van der Waals surface area contributed by atoms with E-state index in [1.165, 1.54) is 24.1 Å². The maximum absolute atomic E-state index is 12.6. The van der Waals surface area contributed by atoms with Crippen LogP contribution in [0.5, 0.6) is 0 Å². The summed E-state index contributed by atoms with van der Waals surface area (Å²) in [6.07, 6.45) is -4.47. The topological polar surface area (TPSA) is 40.5 Å². The number of carboxylic acids is 1. The largest absolute Gasteiger partial charge is 0.480 e. The minimum absolute atomic E-state index is 0.0718. The van der Waals surface area contributed by atoms with Crippen molar-refractivity contribution in [3.8, 4) is 0 Å². The van der Waals surface area contributed by atoms with E-state index in [-0.39, 0.29) is 16.7 Å². The number of likely N-dealkylation sites (N-methyl/N-ethyl adjacent to an activating group) is 1. The van der Waals surface area contributed by atoms with E-state index in [1.54, 1.807) is 0 Å². The Hall–Kier alpha value is -1.24. The lowest BCUT2D eigenvalue weighted by atomic mass is 10.2. The fourth-order valence-electron chi connectivity index (χ4n) is 1.26. The summed E-state index contributed by atoms with van der Waals surface area (Å²) in [5.41, 5.74) is -0.629. The number of anilines is 1. The molecule has 0 aliphatic carbocycles. The molecule has 0 saturated heterocycles. The van der Waals surface area contributed by atoms with Crippen molar-refractivity contribution in [1.29, 1.82) is 0 Å². The molecule has 17 heavy (non-hydrogen) atoms. The minimum atomic E-state index is -4.47. The van der Waals surface area contributed by atoms with Gasteiger partial charge in [-0.2, -0.15) is 13.2 Å². The number of rotatable bonds is 3. The van der Waals surface area contributed by atoms with E-state index in [2.05, 4.69) is 15.9 Å². The van der Waals surface area contributed by atoms with Crippen molar-refractivity contribution in [2.45, 2.75) is 6.18 Å². The van der Waals surface area contributed by atoms with Crippen molar-refractivity contribution in [1.82, 2.24) is 0 Å². The smallest absolute Gasteiger partial charge is 0.417 e. The average Bonchev–Trinajstić information content (AvgIpc) is 2.15. The fourth-order valence-corrected chi connectivity index (χ4v) is 1.73. The molecule has 1 aromatic rings. The zero-order chi connectivity index (χ0) is 13.2. The maximum Gasteiger partial charge on any atom is 0.417 e. The van der Waals surface area contributed by atoms with Gasteiger partial charge in [0.05, 0.1) is 5.56 Å². The first-order valence-corrected chi connectivity index (χ1v) is 5.31.